The molecule has 0 radical (unpaired) electrons. The van der Waals surface area contributed by atoms with E-state index in [1.54, 1.807) is 18.3 Å². The van der Waals surface area contributed by atoms with Gasteiger partial charge in [-0.15, -0.1) is 0 Å². The smallest absolute Gasteiger partial charge is 0.255 e. The predicted octanol–water partition coefficient (Wildman–Crippen LogP) is 6.85. The molecular weight excluding hydrogens is 524 g/mol. The molecule has 7 nitrogen and oxygen atoms in total. The maximum Gasteiger partial charge on any atom is 0.255 e. The van der Waals surface area contributed by atoms with E-state index in [2.05, 4.69) is 73.7 Å². The number of rotatable bonds is 8. The number of para-hydroxylation sites is 1. The molecule has 2 aliphatic rings. The Morgan fingerprint density at radius 3 is 2.07 bits per heavy atom. The Balaban J connectivity index is 1.56. The summed E-state index contributed by atoms with van der Waals surface area (Å²) in [6.45, 7) is 10.6. The minimum absolute atomic E-state index is 0.0380. The highest BCUT2D eigenvalue weighted by atomic mass is 16.5. The first kappa shape index (κ1) is 27.4. The monoisotopic (exact) mass is 560 g/mol. The molecule has 6 rings (SSSR count). The van der Waals surface area contributed by atoms with Crippen molar-refractivity contribution in [3.8, 4) is 17.2 Å². The number of aromatic hydroxyl groups is 1. The van der Waals surface area contributed by atoms with Gasteiger partial charge >= 0.3 is 0 Å². The number of phenols is 1. The zero-order valence-corrected chi connectivity index (χ0v) is 24.5. The van der Waals surface area contributed by atoms with Crippen LogP contribution in [0.5, 0.6) is 17.2 Å². The van der Waals surface area contributed by atoms with Crippen LogP contribution in [0.25, 0.3) is 0 Å². The maximum atomic E-state index is 14.3. The van der Waals surface area contributed by atoms with Crippen LogP contribution in [0.2, 0.25) is 0 Å². The molecule has 1 amide bonds. The molecule has 0 aliphatic carbocycles. The van der Waals surface area contributed by atoms with E-state index in [0.717, 1.165) is 63.8 Å². The van der Waals surface area contributed by atoms with Crippen molar-refractivity contribution in [2.24, 2.45) is 4.99 Å². The number of anilines is 2. The average Bonchev–Trinajstić information content (AvgIpc) is 3.22. The standard InChI is InChI=1S/C35H36N4O3/c1-5-37-29-19-32-27(17-22(29)3)35(28-18-23(4)30(38-6-2)20-33(28)42-32)26-13-9-8-12-25(26)34(41)39(35)16-15-36-21-24-11-7-10-14-31(24)40/h7-14,17-21,37-38,40H,5-6,15-16H2,1-4H3. The van der Waals surface area contributed by atoms with Gasteiger partial charge < -0.3 is 25.4 Å². The molecule has 0 fully saturated rings. The average molecular weight is 561 g/mol. The Bertz CT molecular complexity index is 1650. The second kappa shape index (κ2) is 10.9. The van der Waals surface area contributed by atoms with Crippen LogP contribution in [-0.4, -0.2) is 48.3 Å². The zero-order chi connectivity index (χ0) is 29.4. The van der Waals surface area contributed by atoms with Gasteiger partial charge in [0.05, 0.1) is 6.54 Å². The highest BCUT2D eigenvalue weighted by Crippen LogP contribution is 2.58. The van der Waals surface area contributed by atoms with Crippen LogP contribution in [0.3, 0.4) is 0 Å². The number of carbonyl (C=O) groups is 1. The number of aryl methyl sites for hydroxylation is 2. The fourth-order valence-corrected chi connectivity index (χ4v) is 6.33. The van der Waals surface area contributed by atoms with Crippen LogP contribution in [0.1, 0.15) is 57.6 Å². The molecule has 2 aliphatic heterocycles. The fourth-order valence-electron chi connectivity index (χ4n) is 6.33. The number of fused-ring (bicyclic) bond motifs is 6. The number of phenolic OH excluding ortho intramolecular Hbond substituents is 1. The summed E-state index contributed by atoms with van der Waals surface area (Å²) in [5.41, 5.74) is 7.42. The van der Waals surface area contributed by atoms with Crippen molar-refractivity contribution in [2.45, 2.75) is 33.2 Å². The van der Waals surface area contributed by atoms with Gasteiger partial charge in [-0.05, 0) is 74.7 Å². The largest absolute Gasteiger partial charge is 0.507 e. The van der Waals surface area contributed by atoms with Gasteiger partial charge in [-0.2, -0.15) is 0 Å². The van der Waals surface area contributed by atoms with Crippen molar-refractivity contribution in [1.82, 2.24) is 4.90 Å². The summed E-state index contributed by atoms with van der Waals surface area (Å²) in [6, 6.07) is 23.5. The van der Waals surface area contributed by atoms with Gasteiger partial charge in [0.2, 0.25) is 0 Å². The summed E-state index contributed by atoms with van der Waals surface area (Å²) in [6.07, 6.45) is 1.67. The Morgan fingerprint density at radius 1 is 0.857 bits per heavy atom. The van der Waals surface area contributed by atoms with Crippen LogP contribution in [-0.2, 0) is 5.54 Å². The van der Waals surface area contributed by atoms with Crippen LogP contribution < -0.4 is 15.4 Å². The van der Waals surface area contributed by atoms with Crippen molar-refractivity contribution in [2.75, 3.05) is 36.8 Å². The number of carbonyl (C=O) groups excluding carboxylic acids is 1. The number of ether oxygens (including phenoxy) is 1. The van der Waals surface area contributed by atoms with E-state index in [-0.39, 0.29) is 11.7 Å². The van der Waals surface area contributed by atoms with Crippen molar-refractivity contribution >= 4 is 23.5 Å². The van der Waals surface area contributed by atoms with Crippen molar-refractivity contribution in [3.05, 3.63) is 112 Å². The lowest BCUT2D eigenvalue weighted by molar-refractivity contribution is 0.0673. The van der Waals surface area contributed by atoms with Gasteiger partial charge in [0.15, 0.2) is 0 Å². The number of hydrogen-bond donors (Lipinski definition) is 3. The zero-order valence-electron chi connectivity index (χ0n) is 24.5. The lowest BCUT2D eigenvalue weighted by atomic mass is 9.73. The molecule has 7 heteroatoms. The third kappa shape index (κ3) is 4.28. The fraction of sp³-hybridized carbons (Fsp3) is 0.257. The minimum atomic E-state index is -0.897. The Kier molecular flexibility index (Phi) is 7.11. The molecule has 2 heterocycles. The molecule has 4 aromatic rings. The van der Waals surface area contributed by atoms with Gasteiger partial charge in [-0.25, -0.2) is 0 Å². The number of aliphatic imine (C=N–C) groups is 1. The molecule has 0 aromatic heterocycles. The van der Waals surface area contributed by atoms with Crippen molar-refractivity contribution in [3.63, 3.8) is 0 Å². The van der Waals surface area contributed by atoms with Gasteiger partial charge in [-0.3, -0.25) is 9.79 Å². The molecule has 4 aromatic carbocycles. The second-order valence-electron chi connectivity index (χ2n) is 10.8. The summed E-state index contributed by atoms with van der Waals surface area (Å²) in [5, 5.41) is 17.1. The van der Waals surface area contributed by atoms with Gasteiger partial charge in [0.25, 0.3) is 5.91 Å². The molecule has 1 spiro atoms. The molecule has 0 saturated carbocycles. The van der Waals surface area contributed by atoms with Gasteiger partial charge in [0, 0.05) is 71.6 Å². The first-order valence-corrected chi connectivity index (χ1v) is 14.5. The first-order chi connectivity index (χ1) is 20.4. The number of hydrogen-bond acceptors (Lipinski definition) is 6. The van der Waals surface area contributed by atoms with Crippen LogP contribution in [0.4, 0.5) is 11.4 Å². The third-order valence-corrected chi connectivity index (χ3v) is 8.20. The quantitative estimate of drug-likeness (QED) is 0.205. The number of nitrogens with one attached hydrogen (secondary N) is 2. The molecular formula is C35H36N4O3. The normalized spacial score (nSPS) is 14.5. The van der Waals surface area contributed by atoms with E-state index in [1.807, 2.05) is 35.2 Å². The van der Waals surface area contributed by atoms with E-state index < -0.39 is 5.54 Å². The summed E-state index contributed by atoms with van der Waals surface area (Å²) >= 11 is 0. The Morgan fingerprint density at radius 2 is 1.45 bits per heavy atom. The first-order valence-electron chi connectivity index (χ1n) is 14.5. The predicted molar refractivity (Wildman–Crippen MR) is 169 cm³/mol. The molecule has 0 saturated heterocycles. The topological polar surface area (TPSA) is 86.2 Å². The van der Waals surface area contributed by atoms with Gasteiger partial charge in [-0.1, -0.05) is 30.3 Å². The second-order valence-corrected chi connectivity index (χ2v) is 10.8. The van der Waals surface area contributed by atoms with Crippen molar-refractivity contribution in [1.29, 1.82) is 0 Å². The van der Waals surface area contributed by atoms with E-state index in [1.165, 1.54) is 0 Å². The number of benzene rings is 4. The number of amides is 1. The van der Waals surface area contributed by atoms with Crippen molar-refractivity contribution < 1.29 is 14.6 Å². The van der Waals surface area contributed by atoms with Gasteiger partial charge in [0.1, 0.15) is 22.8 Å². The summed E-state index contributed by atoms with van der Waals surface area (Å²) in [7, 11) is 0. The van der Waals surface area contributed by atoms with Crippen LogP contribution in [0.15, 0.2) is 77.8 Å². The van der Waals surface area contributed by atoms with Crippen LogP contribution in [0, 0.1) is 13.8 Å². The third-order valence-electron chi connectivity index (χ3n) is 8.20. The van der Waals surface area contributed by atoms with E-state index in [4.69, 9.17) is 4.74 Å². The summed E-state index contributed by atoms with van der Waals surface area (Å²) in [4.78, 5) is 20.9. The lowest BCUT2D eigenvalue weighted by Crippen LogP contribution is -2.48. The Hall–Kier alpha value is -4.78. The van der Waals surface area contributed by atoms with E-state index >= 15 is 0 Å². The Labute approximate surface area is 246 Å². The van der Waals surface area contributed by atoms with E-state index in [9.17, 15) is 9.90 Å². The van der Waals surface area contributed by atoms with Crippen LogP contribution >= 0.6 is 0 Å². The lowest BCUT2D eigenvalue weighted by Gasteiger charge is -2.44. The number of nitrogens with zero attached hydrogens (tertiary/aromatic N) is 2. The minimum Gasteiger partial charge on any atom is -0.507 e. The summed E-state index contributed by atoms with van der Waals surface area (Å²) < 4.78 is 6.67. The molecule has 0 unspecified atom stereocenters. The molecule has 0 bridgehead atoms. The SMILES string of the molecule is CCNc1cc2c(cc1C)C1(c3cc(C)c(NCC)cc3O2)c2ccccc2C(=O)N1CCN=Cc1ccccc1O. The highest BCUT2D eigenvalue weighted by Gasteiger charge is 2.56. The molecule has 42 heavy (non-hydrogen) atoms. The molecule has 214 valence electrons. The molecule has 0 atom stereocenters. The maximum absolute atomic E-state index is 14.3. The molecule has 3 N–H and O–H groups in total. The van der Waals surface area contributed by atoms with E-state index in [0.29, 0.717) is 24.2 Å². The highest BCUT2D eigenvalue weighted by molar-refractivity contribution is 6.02. The summed E-state index contributed by atoms with van der Waals surface area (Å²) in [5.74, 6) is 1.59.